The third kappa shape index (κ3) is 4.02. The summed E-state index contributed by atoms with van der Waals surface area (Å²) in [6.45, 7) is 2.73. The number of halogens is 1. The minimum Gasteiger partial charge on any atom is -0.497 e. The monoisotopic (exact) mass is 354 g/mol. The number of likely N-dealkylation sites (tertiary alicyclic amines) is 1. The normalized spacial score (nSPS) is 21.0. The summed E-state index contributed by atoms with van der Waals surface area (Å²) >= 11 is 0. The van der Waals surface area contributed by atoms with E-state index in [0.29, 0.717) is 32.0 Å². The summed E-state index contributed by atoms with van der Waals surface area (Å²) in [5.41, 5.74) is 6.90. The van der Waals surface area contributed by atoms with Gasteiger partial charge in [-0.2, -0.15) is 0 Å². The Morgan fingerprint density at radius 1 is 1.29 bits per heavy atom. The first-order valence-corrected chi connectivity index (χ1v) is 8.42. The number of carbonyl (C=O) groups excluding carboxylic acids is 1. The maximum Gasteiger partial charge on any atom is 0.242 e. The average molecular weight is 355 g/mol. The Balaban J connectivity index is 0.00000208. The van der Waals surface area contributed by atoms with E-state index in [2.05, 4.69) is 12.1 Å². The van der Waals surface area contributed by atoms with Gasteiger partial charge in [0.25, 0.3) is 0 Å². The molecule has 0 aromatic heterocycles. The highest BCUT2D eigenvalue weighted by Crippen LogP contribution is 2.31. The van der Waals surface area contributed by atoms with Gasteiger partial charge in [-0.1, -0.05) is 12.1 Å². The summed E-state index contributed by atoms with van der Waals surface area (Å²) in [5.74, 6) is 1.48. The minimum absolute atomic E-state index is 0. The fraction of sp³-hybridized carbons (Fsp3) is 0.611. The first-order chi connectivity index (χ1) is 11.1. The van der Waals surface area contributed by atoms with E-state index in [-0.39, 0.29) is 18.3 Å². The van der Waals surface area contributed by atoms with Gasteiger partial charge in [0, 0.05) is 26.3 Å². The molecule has 3 rings (SSSR count). The fourth-order valence-electron chi connectivity index (χ4n) is 3.58. The predicted octanol–water partition coefficient (Wildman–Crippen LogP) is 2.33. The molecular weight excluding hydrogens is 328 g/mol. The molecule has 5 nitrogen and oxygen atoms in total. The van der Waals surface area contributed by atoms with Crippen molar-refractivity contribution < 1.29 is 14.3 Å². The summed E-state index contributed by atoms with van der Waals surface area (Å²) in [4.78, 5) is 14.7. The number of carbonyl (C=O) groups is 1. The quantitative estimate of drug-likeness (QED) is 0.904. The van der Waals surface area contributed by atoms with Crippen molar-refractivity contribution in [2.75, 3.05) is 33.4 Å². The minimum atomic E-state index is -0.721. The van der Waals surface area contributed by atoms with Gasteiger partial charge in [0.05, 0.1) is 12.6 Å². The Morgan fingerprint density at radius 2 is 1.96 bits per heavy atom. The van der Waals surface area contributed by atoms with Crippen LogP contribution in [-0.2, 0) is 9.53 Å². The smallest absolute Gasteiger partial charge is 0.242 e. The molecule has 0 aliphatic carbocycles. The summed E-state index contributed by atoms with van der Waals surface area (Å²) in [7, 11) is 1.69. The van der Waals surface area contributed by atoms with E-state index in [1.54, 1.807) is 7.11 Å². The molecule has 2 fully saturated rings. The summed E-state index contributed by atoms with van der Waals surface area (Å²) in [6.07, 6.45) is 3.21. The molecule has 0 unspecified atom stereocenters. The highest BCUT2D eigenvalue weighted by Gasteiger charge is 2.39. The highest BCUT2D eigenvalue weighted by atomic mass is 35.5. The largest absolute Gasteiger partial charge is 0.497 e. The van der Waals surface area contributed by atoms with Crippen molar-refractivity contribution in [2.45, 2.75) is 37.1 Å². The number of methoxy groups -OCH3 is 1. The van der Waals surface area contributed by atoms with Crippen molar-refractivity contribution in [2.24, 2.45) is 5.73 Å². The van der Waals surface area contributed by atoms with Gasteiger partial charge in [-0.3, -0.25) is 4.79 Å². The summed E-state index contributed by atoms with van der Waals surface area (Å²) in [5, 5.41) is 0. The number of rotatable bonds is 3. The predicted molar refractivity (Wildman–Crippen MR) is 95.8 cm³/mol. The second-order valence-corrected chi connectivity index (χ2v) is 6.61. The Kier molecular flexibility index (Phi) is 6.49. The van der Waals surface area contributed by atoms with Crippen molar-refractivity contribution >= 4 is 18.3 Å². The lowest BCUT2D eigenvalue weighted by Gasteiger charge is -2.40. The number of benzene rings is 1. The molecule has 24 heavy (non-hydrogen) atoms. The highest BCUT2D eigenvalue weighted by molar-refractivity contribution is 5.86. The zero-order valence-corrected chi connectivity index (χ0v) is 15.0. The van der Waals surface area contributed by atoms with Crippen LogP contribution in [0.5, 0.6) is 5.75 Å². The van der Waals surface area contributed by atoms with Gasteiger partial charge < -0.3 is 20.1 Å². The van der Waals surface area contributed by atoms with E-state index in [9.17, 15) is 4.79 Å². The van der Waals surface area contributed by atoms with Crippen LogP contribution >= 0.6 is 12.4 Å². The molecule has 0 atom stereocenters. The number of amides is 1. The van der Waals surface area contributed by atoms with E-state index in [0.717, 1.165) is 31.7 Å². The molecule has 2 aliphatic heterocycles. The van der Waals surface area contributed by atoms with Gasteiger partial charge >= 0.3 is 0 Å². The molecule has 2 heterocycles. The maximum absolute atomic E-state index is 12.7. The van der Waals surface area contributed by atoms with E-state index in [1.165, 1.54) is 5.56 Å². The van der Waals surface area contributed by atoms with Crippen molar-refractivity contribution in [3.63, 3.8) is 0 Å². The third-order valence-corrected chi connectivity index (χ3v) is 5.16. The molecule has 0 bridgehead atoms. The number of hydrogen-bond acceptors (Lipinski definition) is 4. The van der Waals surface area contributed by atoms with Gasteiger partial charge in [0.2, 0.25) is 5.91 Å². The van der Waals surface area contributed by atoms with Gasteiger partial charge in [0.15, 0.2) is 0 Å². The van der Waals surface area contributed by atoms with Crippen LogP contribution in [0.2, 0.25) is 0 Å². The van der Waals surface area contributed by atoms with Crippen molar-refractivity contribution in [3.8, 4) is 5.75 Å². The molecule has 2 N–H and O–H groups in total. The summed E-state index contributed by atoms with van der Waals surface area (Å²) < 4.78 is 10.6. The molecule has 6 heteroatoms. The van der Waals surface area contributed by atoms with E-state index < -0.39 is 5.54 Å². The number of piperidine rings is 1. The lowest BCUT2D eigenvalue weighted by Crippen LogP contribution is -2.59. The first-order valence-electron chi connectivity index (χ1n) is 8.42. The SMILES string of the molecule is COc1cccc(C2CCN(C(=O)C3(N)CCOCC3)CC2)c1.Cl. The second-order valence-electron chi connectivity index (χ2n) is 6.61. The molecule has 2 saturated heterocycles. The van der Waals surface area contributed by atoms with E-state index in [1.807, 2.05) is 17.0 Å². The Bertz CT molecular complexity index is 553. The standard InChI is InChI=1S/C18H26N2O3.ClH/c1-22-16-4-2-3-15(13-16)14-5-9-20(10-6-14)17(21)18(19)7-11-23-12-8-18;/h2-4,13-14H,5-12,19H2,1H3;1H. The van der Waals surface area contributed by atoms with Crippen LogP contribution < -0.4 is 10.5 Å². The zero-order valence-electron chi connectivity index (χ0n) is 14.2. The molecule has 1 amide bonds. The topological polar surface area (TPSA) is 64.8 Å². The Labute approximate surface area is 149 Å². The molecule has 0 spiro atoms. The van der Waals surface area contributed by atoms with Crippen molar-refractivity contribution in [3.05, 3.63) is 29.8 Å². The van der Waals surface area contributed by atoms with Crippen molar-refractivity contribution in [1.29, 1.82) is 0 Å². The van der Waals surface area contributed by atoms with E-state index >= 15 is 0 Å². The Morgan fingerprint density at radius 3 is 2.58 bits per heavy atom. The van der Waals surface area contributed by atoms with Crippen LogP contribution in [0.4, 0.5) is 0 Å². The lowest BCUT2D eigenvalue weighted by molar-refractivity contribution is -0.141. The third-order valence-electron chi connectivity index (χ3n) is 5.16. The lowest BCUT2D eigenvalue weighted by atomic mass is 9.86. The number of nitrogens with zero attached hydrogens (tertiary/aromatic N) is 1. The fourth-order valence-corrected chi connectivity index (χ4v) is 3.58. The molecular formula is C18H27ClN2O3. The molecule has 2 aliphatic rings. The molecule has 1 aromatic rings. The zero-order chi connectivity index (χ0) is 16.3. The first kappa shape index (κ1) is 19.0. The summed E-state index contributed by atoms with van der Waals surface area (Å²) in [6, 6.07) is 8.24. The van der Waals surface area contributed by atoms with E-state index in [4.69, 9.17) is 15.2 Å². The second kappa shape index (κ2) is 8.19. The average Bonchev–Trinajstić information content (AvgIpc) is 2.62. The van der Waals surface area contributed by atoms with Crippen LogP contribution in [0.1, 0.15) is 37.2 Å². The van der Waals surface area contributed by atoms with Gasteiger partial charge in [-0.15, -0.1) is 12.4 Å². The molecule has 0 radical (unpaired) electrons. The maximum atomic E-state index is 12.7. The van der Waals surface area contributed by atoms with Crippen molar-refractivity contribution in [1.82, 2.24) is 4.90 Å². The van der Waals surface area contributed by atoms with Gasteiger partial charge in [-0.05, 0) is 49.3 Å². The number of hydrogen-bond donors (Lipinski definition) is 1. The van der Waals surface area contributed by atoms with Crippen LogP contribution in [0, 0.1) is 0 Å². The number of nitrogens with two attached hydrogens (primary N) is 1. The van der Waals surface area contributed by atoms with Crippen LogP contribution in [0.25, 0.3) is 0 Å². The van der Waals surface area contributed by atoms with Crippen LogP contribution in [0.3, 0.4) is 0 Å². The number of ether oxygens (including phenoxy) is 2. The molecule has 0 saturated carbocycles. The Hall–Kier alpha value is -1.30. The molecule has 1 aromatic carbocycles. The van der Waals surface area contributed by atoms with Crippen LogP contribution in [-0.4, -0.2) is 49.8 Å². The molecule has 134 valence electrons. The van der Waals surface area contributed by atoms with Gasteiger partial charge in [-0.25, -0.2) is 0 Å². The van der Waals surface area contributed by atoms with Gasteiger partial charge in [0.1, 0.15) is 5.75 Å². The van der Waals surface area contributed by atoms with Crippen LogP contribution in [0.15, 0.2) is 24.3 Å².